The number of aromatic nitrogens is 1. The molecule has 2 amide bonds. The number of nitro benzene ring substituents is 1. The molecule has 2 fully saturated rings. The van der Waals surface area contributed by atoms with Crippen LogP contribution in [-0.4, -0.2) is 108 Å². The van der Waals surface area contributed by atoms with Crippen LogP contribution in [0.1, 0.15) is 20.7 Å². The molecule has 1 aromatic heterocycles. The summed E-state index contributed by atoms with van der Waals surface area (Å²) in [6.07, 6.45) is 2.83. The second-order valence-electron chi connectivity index (χ2n) is 9.27. The summed E-state index contributed by atoms with van der Waals surface area (Å²) in [5, 5.41) is 14.5. The van der Waals surface area contributed by atoms with Crippen LogP contribution < -0.4 is 5.32 Å². The number of carbonyl (C=O) groups is 2. The molecule has 0 bridgehead atoms. The van der Waals surface area contributed by atoms with Gasteiger partial charge in [0.25, 0.3) is 23.4 Å². The van der Waals surface area contributed by atoms with Crippen LogP contribution in [0, 0.1) is 13.7 Å². The normalized spacial score (nSPS) is 19.3. The van der Waals surface area contributed by atoms with Crippen LogP contribution in [0.5, 0.6) is 0 Å². The second kappa shape index (κ2) is 12.3. The largest absolute Gasteiger partial charge is 0.383 e. The van der Waals surface area contributed by atoms with Crippen molar-refractivity contribution in [3.05, 3.63) is 59.9 Å². The van der Waals surface area contributed by atoms with E-state index in [2.05, 4.69) is 31.1 Å². The molecule has 1 aromatic carbocycles. The van der Waals surface area contributed by atoms with Crippen LogP contribution in [0.4, 0.5) is 20.2 Å². The number of amides is 2. The minimum atomic E-state index is -3.42. The lowest BCUT2D eigenvalue weighted by atomic mass is 10.1. The number of nitrogens with one attached hydrogen (secondary N) is 1. The van der Waals surface area contributed by atoms with Crippen molar-refractivity contribution < 1.29 is 28.0 Å². The van der Waals surface area contributed by atoms with E-state index in [1.807, 2.05) is 22.6 Å². The number of alkyl halides is 2. The molecule has 2 aromatic rings. The highest BCUT2D eigenvalue weighted by molar-refractivity contribution is 14.1. The molecular weight excluding hydrogens is 697 g/mol. The Hall–Kier alpha value is -2.50. The predicted octanol–water partition coefficient (Wildman–Crippen LogP) is 3.33. The van der Waals surface area contributed by atoms with Gasteiger partial charge in [-0.2, -0.15) is 0 Å². The molecule has 0 aliphatic carbocycles. The van der Waals surface area contributed by atoms with Crippen molar-refractivity contribution in [3.63, 3.8) is 0 Å². The van der Waals surface area contributed by atoms with Crippen molar-refractivity contribution in [2.45, 2.75) is 12.0 Å². The molecule has 0 spiro atoms. The predicted molar refractivity (Wildman–Crippen MR) is 150 cm³/mol. The van der Waals surface area contributed by atoms with Gasteiger partial charge in [0.15, 0.2) is 0 Å². The van der Waals surface area contributed by atoms with Crippen LogP contribution in [0.3, 0.4) is 0 Å². The lowest BCUT2D eigenvalue weighted by Crippen LogP contribution is -2.49. The molecule has 2 aliphatic rings. The van der Waals surface area contributed by atoms with Gasteiger partial charge in [-0.15, -0.1) is 0 Å². The lowest BCUT2D eigenvalue weighted by molar-refractivity contribution is -0.384. The number of ether oxygens (including phenoxy) is 1. The molecule has 3 heterocycles. The highest BCUT2D eigenvalue weighted by Crippen LogP contribution is 2.38. The number of carbonyl (C=O) groups excluding carboxylic acids is 2. The summed E-state index contributed by atoms with van der Waals surface area (Å²) in [5.41, 5.74) is -0.754. The number of benzene rings is 1. The maximum atomic E-state index is 15.2. The molecule has 0 unspecified atom stereocenters. The van der Waals surface area contributed by atoms with Gasteiger partial charge < -0.3 is 19.9 Å². The summed E-state index contributed by atoms with van der Waals surface area (Å²) in [6, 6.07) is 2.44. The van der Waals surface area contributed by atoms with E-state index in [1.54, 1.807) is 18.1 Å². The summed E-state index contributed by atoms with van der Waals surface area (Å²) in [4.78, 5) is 46.3. The van der Waals surface area contributed by atoms with Crippen molar-refractivity contribution >= 4 is 61.7 Å². The fourth-order valence-corrected chi connectivity index (χ4v) is 5.54. The number of pyridine rings is 1. The van der Waals surface area contributed by atoms with Gasteiger partial charge in [0, 0.05) is 72.9 Å². The summed E-state index contributed by atoms with van der Waals surface area (Å²) in [5.74, 6) is -4.55. The van der Waals surface area contributed by atoms with Crippen molar-refractivity contribution in [3.8, 4) is 0 Å². The zero-order valence-corrected chi connectivity index (χ0v) is 24.7. The number of likely N-dealkylation sites (tertiary alicyclic amines) is 1. The van der Waals surface area contributed by atoms with Crippen LogP contribution >= 0.6 is 38.5 Å². The fourth-order valence-electron chi connectivity index (χ4n) is 4.60. The van der Waals surface area contributed by atoms with E-state index in [1.165, 1.54) is 18.5 Å². The van der Waals surface area contributed by atoms with Crippen LogP contribution in [0.2, 0.25) is 0 Å². The number of hydrogen-bond donors (Lipinski definition) is 1. The molecule has 0 saturated carbocycles. The smallest absolute Gasteiger partial charge is 0.294 e. The fraction of sp³-hybridized carbons (Fsp3) is 0.458. The molecule has 2 aliphatic heterocycles. The first-order valence-electron chi connectivity index (χ1n) is 12.0. The van der Waals surface area contributed by atoms with Gasteiger partial charge in [-0.3, -0.25) is 29.6 Å². The number of methoxy groups -OCH3 is 1. The van der Waals surface area contributed by atoms with Crippen LogP contribution in [0.15, 0.2) is 35.1 Å². The van der Waals surface area contributed by atoms with Crippen molar-refractivity contribution in [1.29, 1.82) is 0 Å². The Morgan fingerprint density at radius 3 is 2.56 bits per heavy atom. The minimum absolute atomic E-state index is 0.0937. The molecule has 210 valence electrons. The van der Waals surface area contributed by atoms with E-state index in [-0.39, 0.29) is 21.3 Å². The second-order valence-corrected chi connectivity index (χ2v) is 11.4. The van der Waals surface area contributed by atoms with Gasteiger partial charge in [-0.1, -0.05) is 15.9 Å². The standard InChI is InChI=1S/C24H26BrF2IN6O5/c1-39-7-6-31-2-4-32(5-3-31)23(36)18-9-16(25)10-19(34(37)38)21(18)30-20-13-33(14-24(20,26)27)22(35)15-8-17(28)12-29-11-15/h8-12,20,30H,2-7,13-14H2,1H3/t20-/m0/s1. The molecular formula is C24H26BrF2IN6O5. The number of piperazine rings is 1. The van der Waals surface area contributed by atoms with E-state index < -0.39 is 47.5 Å². The topological polar surface area (TPSA) is 121 Å². The van der Waals surface area contributed by atoms with Gasteiger partial charge >= 0.3 is 0 Å². The van der Waals surface area contributed by atoms with Crippen molar-refractivity contribution in [2.75, 3.05) is 64.8 Å². The zero-order chi connectivity index (χ0) is 28.3. The number of nitro groups is 1. The Kier molecular flexibility index (Phi) is 9.33. The Balaban J connectivity index is 1.59. The number of anilines is 1. The third kappa shape index (κ3) is 6.81. The lowest BCUT2D eigenvalue weighted by Gasteiger charge is -2.35. The Labute approximate surface area is 245 Å². The molecule has 2 saturated heterocycles. The monoisotopic (exact) mass is 722 g/mol. The van der Waals surface area contributed by atoms with E-state index >= 15 is 8.78 Å². The first-order chi connectivity index (χ1) is 18.5. The minimum Gasteiger partial charge on any atom is -0.383 e. The molecule has 15 heteroatoms. The molecule has 11 nitrogen and oxygen atoms in total. The maximum absolute atomic E-state index is 15.2. The third-order valence-corrected chi connectivity index (χ3v) is 7.70. The SMILES string of the molecule is COCCN1CCN(C(=O)c2cc(Br)cc([N+](=O)[O-])c2N[C@H]2CN(C(=O)c3cncc(I)c3)CC2(F)F)CC1. The maximum Gasteiger partial charge on any atom is 0.294 e. The quantitative estimate of drug-likeness (QED) is 0.251. The highest BCUT2D eigenvalue weighted by Gasteiger charge is 2.50. The Morgan fingerprint density at radius 2 is 1.92 bits per heavy atom. The number of hydrogen-bond acceptors (Lipinski definition) is 8. The van der Waals surface area contributed by atoms with Crippen LogP contribution in [-0.2, 0) is 4.74 Å². The molecule has 1 atom stereocenters. The van der Waals surface area contributed by atoms with Crippen molar-refractivity contribution in [1.82, 2.24) is 19.7 Å². The Morgan fingerprint density at radius 1 is 1.21 bits per heavy atom. The number of rotatable bonds is 8. The van der Waals surface area contributed by atoms with Gasteiger partial charge in [-0.25, -0.2) is 8.78 Å². The average Bonchev–Trinajstić information content (AvgIpc) is 3.21. The number of nitrogens with zero attached hydrogens (tertiary/aromatic N) is 5. The first-order valence-corrected chi connectivity index (χ1v) is 13.9. The summed E-state index contributed by atoms with van der Waals surface area (Å²) in [6.45, 7) is 1.86. The third-order valence-electron chi connectivity index (χ3n) is 6.65. The van der Waals surface area contributed by atoms with E-state index in [0.29, 0.717) is 42.9 Å². The Bertz CT molecular complexity index is 1260. The highest BCUT2D eigenvalue weighted by atomic mass is 127. The van der Waals surface area contributed by atoms with E-state index in [0.717, 1.165) is 11.0 Å². The summed E-state index contributed by atoms with van der Waals surface area (Å²) in [7, 11) is 1.61. The van der Waals surface area contributed by atoms with Gasteiger partial charge in [0.2, 0.25) is 0 Å². The van der Waals surface area contributed by atoms with E-state index in [4.69, 9.17) is 4.74 Å². The van der Waals surface area contributed by atoms with E-state index in [9.17, 15) is 19.7 Å². The molecule has 0 radical (unpaired) electrons. The molecule has 39 heavy (non-hydrogen) atoms. The zero-order valence-electron chi connectivity index (χ0n) is 20.9. The van der Waals surface area contributed by atoms with Gasteiger partial charge in [-0.05, 0) is 34.7 Å². The molecule has 1 N–H and O–H groups in total. The average molecular weight is 723 g/mol. The summed E-state index contributed by atoms with van der Waals surface area (Å²) >= 11 is 5.18. The van der Waals surface area contributed by atoms with Crippen LogP contribution in [0.25, 0.3) is 0 Å². The number of halogens is 4. The molecule has 4 rings (SSSR count). The summed E-state index contributed by atoms with van der Waals surface area (Å²) < 4.78 is 36.4. The van der Waals surface area contributed by atoms with Gasteiger partial charge in [0.05, 0.1) is 29.2 Å². The van der Waals surface area contributed by atoms with Crippen molar-refractivity contribution in [2.24, 2.45) is 0 Å². The first kappa shape index (κ1) is 29.5. The van der Waals surface area contributed by atoms with Gasteiger partial charge in [0.1, 0.15) is 11.7 Å².